The SMILES string of the molecule is O=C1C(=O)N(CCN2CCOCC2)C(c2ccc(Br)cc2)/C1=C(/O)c1ccc(S(=O)(=O)N2CCOCC2)cc1. The van der Waals surface area contributed by atoms with Crippen molar-refractivity contribution >= 4 is 43.4 Å². The number of aliphatic hydroxyl groups excluding tert-OH is 1. The lowest BCUT2D eigenvalue weighted by molar-refractivity contribution is -0.140. The van der Waals surface area contributed by atoms with Gasteiger partial charge in [0.15, 0.2) is 0 Å². The van der Waals surface area contributed by atoms with Crippen LogP contribution in [0.2, 0.25) is 0 Å². The average molecular weight is 621 g/mol. The smallest absolute Gasteiger partial charge is 0.295 e. The summed E-state index contributed by atoms with van der Waals surface area (Å²) in [6.45, 7) is 4.80. The second-order valence-electron chi connectivity index (χ2n) is 9.54. The van der Waals surface area contributed by atoms with E-state index in [1.54, 1.807) is 0 Å². The molecule has 0 aliphatic carbocycles. The molecule has 1 atom stereocenters. The zero-order valence-corrected chi connectivity index (χ0v) is 23.7. The molecule has 1 amide bonds. The molecule has 1 unspecified atom stereocenters. The van der Waals surface area contributed by atoms with E-state index in [0.717, 1.165) is 17.6 Å². The minimum Gasteiger partial charge on any atom is -0.507 e. The topological polar surface area (TPSA) is 117 Å². The number of hydrogen-bond donors (Lipinski definition) is 1. The standard InChI is InChI=1S/C27H30BrN3O7S/c28-21-5-1-19(2-6-21)24-23(26(33)27(34)31(24)10-9-29-11-15-37-16-12-29)25(32)20-3-7-22(8-4-20)39(35,36)30-13-17-38-18-14-30/h1-8,24,32H,9-18H2/b25-23-. The molecule has 39 heavy (non-hydrogen) atoms. The van der Waals surface area contributed by atoms with Crippen molar-refractivity contribution in [1.29, 1.82) is 0 Å². The van der Waals surface area contributed by atoms with Gasteiger partial charge < -0.3 is 19.5 Å². The van der Waals surface area contributed by atoms with E-state index in [1.165, 1.54) is 33.5 Å². The molecule has 2 aromatic carbocycles. The Balaban J connectivity index is 1.47. The maximum atomic E-state index is 13.3. The summed E-state index contributed by atoms with van der Waals surface area (Å²) in [5, 5.41) is 11.3. The predicted octanol–water partition coefficient (Wildman–Crippen LogP) is 2.22. The van der Waals surface area contributed by atoms with Crippen molar-refractivity contribution in [1.82, 2.24) is 14.1 Å². The summed E-state index contributed by atoms with van der Waals surface area (Å²) in [7, 11) is -3.72. The van der Waals surface area contributed by atoms with Gasteiger partial charge in [0.25, 0.3) is 11.7 Å². The van der Waals surface area contributed by atoms with E-state index in [4.69, 9.17) is 9.47 Å². The van der Waals surface area contributed by atoms with Gasteiger partial charge in [-0.15, -0.1) is 0 Å². The van der Waals surface area contributed by atoms with Crippen LogP contribution in [0.1, 0.15) is 17.2 Å². The number of morpholine rings is 2. The number of amides is 1. The Morgan fingerprint density at radius 1 is 0.872 bits per heavy atom. The molecule has 0 radical (unpaired) electrons. The summed E-state index contributed by atoms with van der Waals surface area (Å²) in [5.74, 6) is -1.79. The summed E-state index contributed by atoms with van der Waals surface area (Å²) in [6, 6.07) is 12.2. The van der Waals surface area contributed by atoms with Crippen molar-refractivity contribution < 1.29 is 32.6 Å². The molecule has 1 N–H and O–H groups in total. The average Bonchev–Trinajstić information content (AvgIpc) is 3.22. The number of likely N-dealkylation sites (tertiary alicyclic amines) is 1. The molecule has 3 aliphatic heterocycles. The van der Waals surface area contributed by atoms with Gasteiger partial charge in [0.05, 0.1) is 42.9 Å². The Labute approximate surface area is 236 Å². The molecular formula is C27H30BrN3O7S. The van der Waals surface area contributed by atoms with Crippen LogP contribution in [0.25, 0.3) is 5.76 Å². The second kappa shape index (κ2) is 11.9. The van der Waals surface area contributed by atoms with Gasteiger partial charge in [-0.25, -0.2) is 8.42 Å². The van der Waals surface area contributed by atoms with Gasteiger partial charge in [0, 0.05) is 49.3 Å². The fraction of sp³-hybridized carbons (Fsp3) is 0.407. The van der Waals surface area contributed by atoms with Gasteiger partial charge >= 0.3 is 0 Å². The molecule has 12 heteroatoms. The van der Waals surface area contributed by atoms with Crippen LogP contribution in [0.3, 0.4) is 0 Å². The molecule has 0 saturated carbocycles. The minimum absolute atomic E-state index is 0.0203. The van der Waals surface area contributed by atoms with Crippen molar-refractivity contribution in [2.24, 2.45) is 0 Å². The fourth-order valence-electron chi connectivity index (χ4n) is 5.05. The number of benzene rings is 2. The second-order valence-corrected chi connectivity index (χ2v) is 12.4. The van der Waals surface area contributed by atoms with Gasteiger partial charge in [-0.05, 0) is 42.0 Å². The van der Waals surface area contributed by atoms with E-state index < -0.39 is 27.8 Å². The minimum atomic E-state index is -3.72. The summed E-state index contributed by atoms with van der Waals surface area (Å²) >= 11 is 3.42. The van der Waals surface area contributed by atoms with Crippen molar-refractivity contribution in [2.45, 2.75) is 10.9 Å². The van der Waals surface area contributed by atoms with Gasteiger partial charge in [-0.3, -0.25) is 14.5 Å². The van der Waals surface area contributed by atoms with Gasteiger partial charge in [-0.2, -0.15) is 4.31 Å². The summed E-state index contributed by atoms with van der Waals surface area (Å²) in [4.78, 5) is 30.3. The molecule has 10 nitrogen and oxygen atoms in total. The van der Waals surface area contributed by atoms with Crippen LogP contribution in [-0.4, -0.2) is 105 Å². The van der Waals surface area contributed by atoms with Crippen LogP contribution >= 0.6 is 15.9 Å². The van der Waals surface area contributed by atoms with Crippen molar-refractivity contribution in [3.63, 3.8) is 0 Å². The lowest BCUT2D eigenvalue weighted by atomic mass is 9.95. The van der Waals surface area contributed by atoms with E-state index in [0.29, 0.717) is 45.1 Å². The highest BCUT2D eigenvalue weighted by molar-refractivity contribution is 9.10. The Hall–Kier alpha value is -2.61. The quantitative estimate of drug-likeness (QED) is 0.285. The molecule has 3 saturated heterocycles. The lowest BCUT2D eigenvalue weighted by Gasteiger charge is -2.31. The molecule has 3 aliphatic rings. The van der Waals surface area contributed by atoms with Crippen LogP contribution in [0.4, 0.5) is 0 Å². The molecule has 0 bridgehead atoms. The van der Waals surface area contributed by atoms with E-state index in [9.17, 15) is 23.1 Å². The first-order valence-electron chi connectivity index (χ1n) is 12.8. The van der Waals surface area contributed by atoms with Gasteiger partial charge in [-0.1, -0.05) is 28.1 Å². The van der Waals surface area contributed by atoms with Gasteiger partial charge in [0.1, 0.15) is 5.76 Å². The molecule has 0 aromatic heterocycles. The monoisotopic (exact) mass is 619 g/mol. The third-order valence-corrected chi connectivity index (χ3v) is 9.66. The van der Waals surface area contributed by atoms with E-state index in [2.05, 4.69) is 20.8 Å². The fourth-order valence-corrected chi connectivity index (χ4v) is 6.72. The maximum absolute atomic E-state index is 13.3. The number of ketones is 1. The number of rotatable bonds is 7. The molecule has 2 aromatic rings. The first-order valence-corrected chi connectivity index (χ1v) is 15.0. The van der Waals surface area contributed by atoms with Gasteiger partial charge in [0.2, 0.25) is 10.0 Å². The molecule has 3 heterocycles. The molecule has 5 rings (SSSR count). The highest BCUT2D eigenvalue weighted by Crippen LogP contribution is 2.39. The summed E-state index contributed by atoms with van der Waals surface area (Å²) < 4.78 is 38.9. The van der Waals surface area contributed by atoms with E-state index >= 15 is 0 Å². The van der Waals surface area contributed by atoms with Crippen LogP contribution < -0.4 is 0 Å². The van der Waals surface area contributed by atoms with E-state index in [-0.39, 0.29) is 34.9 Å². The third-order valence-electron chi connectivity index (χ3n) is 7.22. The number of hydrogen-bond acceptors (Lipinski definition) is 8. The Bertz CT molecular complexity index is 1350. The first-order chi connectivity index (χ1) is 18.8. The number of carbonyl (C=O) groups excluding carboxylic acids is 2. The first kappa shape index (κ1) is 27.9. The highest BCUT2D eigenvalue weighted by atomic mass is 79.9. The predicted molar refractivity (Wildman–Crippen MR) is 146 cm³/mol. The van der Waals surface area contributed by atoms with Crippen LogP contribution in [-0.2, 0) is 29.1 Å². The number of aliphatic hydroxyl groups is 1. The Morgan fingerprint density at radius 3 is 2.08 bits per heavy atom. The largest absolute Gasteiger partial charge is 0.507 e. The highest BCUT2D eigenvalue weighted by Gasteiger charge is 2.46. The number of halogens is 1. The lowest BCUT2D eigenvalue weighted by Crippen LogP contribution is -2.42. The number of Topliss-reactive ketones (excluding diaryl/α,β-unsaturated/α-hetero) is 1. The normalized spacial score (nSPS) is 22.9. The number of ether oxygens (including phenoxy) is 2. The zero-order valence-electron chi connectivity index (χ0n) is 21.3. The molecule has 3 fully saturated rings. The Morgan fingerprint density at radius 2 is 1.46 bits per heavy atom. The Kier molecular flexibility index (Phi) is 8.50. The number of nitrogens with zero attached hydrogens (tertiary/aromatic N) is 3. The zero-order chi connectivity index (χ0) is 27.6. The van der Waals surface area contributed by atoms with Crippen molar-refractivity contribution in [3.8, 4) is 0 Å². The van der Waals surface area contributed by atoms with Crippen molar-refractivity contribution in [3.05, 3.63) is 69.7 Å². The van der Waals surface area contributed by atoms with Crippen molar-refractivity contribution in [2.75, 3.05) is 65.7 Å². The molecule has 0 spiro atoms. The summed E-state index contributed by atoms with van der Waals surface area (Å²) in [6.07, 6.45) is 0. The van der Waals surface area contributed by atoms with Crippen LogP contribution in [0.15, 0.2) is 63.5 Å². The van der Waals surface area contributed by atoms with Crippen LogP contribution in [0, 0.1) is 0 Å². The molecular weight excluding hydrogens is 590 g/mol. The summed E-state index contributed by atoms with van der Waals surface area (Å²) in [5.41, 5.74) is 0.921. The maximum Gasteiger partial charge on any atom is 0.295 e. The third kappa shape index (κ3) is 5.81. The van der Waals surface area contributed by atoms with Crippen LogP contribution in [0.5, 0.6) is 0 Å². The number of carbonyl (C=O) groups is 2. The van der Waals surface area contributed by atoms with E-state index in [1.807, 2.05) is 24.3 Å². The number of sulfonamides is 1. The molecule has 208 valence electrons.